The van der Waals surface area contributed by atoms with E-state index in [1.165, 1.54) is 25.6 Å². The van der Waals surface area contributed by atoms with Gasteiger partial charge in [0.05, 0.1) is 6.61 Å². The summed E-state index contributed by atoms with van der Waals surface area (Å²) < 4.78 is 10.0. The first-order valence-corrected chi connectivity index (χ1v) is 6.63. The van der Waals surface area contributed by atoms with Crippen molar-refractivity contribution < 1.29 is 23.9 Å². The molecule has 1 rings (SSSR count). The molecule has 1 heterocycles. The third kappa shape index (κ3) is 4.21. The van der Waals surface area contributed by atoms with Crippen LogP contribution in [0, 0.1) is 5.92 Å². The lowest BCUT2D eigenvalue weighted by Crippen LogP contribution is -2.35. The molecule has 0 spiro atoms. The molecule has 1 atom stereocenters. The van der Waals surface area contributed by atoms with Gasteiger partial charge in [0.2, 0.25) is 0 Å². The predicted octanol–water partition coefficient (Wildman–Crippen LogP) is 1.42. The maximum absolute atomic E-state index is 12.3. The van der Waals surface area contributed by atoms with E-state index in [0.717, 1.165) is 0 Å². The molecule has 0 saturated heterocycles. The first-order valence-electron chi connectivity index (χ1n) is 5.84. The number of carbonyl (C=O) groups excluding carboxylic acids is 3. The summed E-state index contributed by atoms with van der Waals surface area (Å²) in [6.45, 7) is 1.34. The van der Waals surface area contributed by atoms with Gasteiger partial charge in [-0.25, -0.2) is 0 Å². The van der Waals surface area contributed by atoms with Crippen molar-refractivity contribution in [2.45, 2.75) is 6.92 Å². The predicted molar refractivity (Wildman–Crippen MR) is 73.3 cm³/mol. The van der Waals surface area contributed by atoms with Crippen molar-refractivity contribution >= 4 is 33.5 Å². The Labute approximate surface area is 124 Å². The molecule has 1 aromatic rings. The van der Waals surface area contributed by atoms with E-state index in [0.29, 0.717) is 4.47 Å². The van der Waals surface area contributed by atoms with Gasteiger partial charge in [0.25, 0.3) is 0 Å². The summed E-state index contributed by atoms with van der Waals surface area (Å²) in [5, 5.41) is 0. The Morgan fingerprint density at radius 3 is 2.60 bits per heavy atom. The minimum absolute atomic E-state index is 0.0829. The second-order valence-corrected chi connectivity index (χ2v) is 4.76. The second kappa shape index (κ2) is 7.86. The summed E-state index contributed by atoms with van der Waals surface area (Å²) in [6, 6.07) is 1.49. The number of hydrogen-bond donors (Lipinski definition) is 0. The average Bonchev–Trinajstić information content (AvgIpc) is 2.39. The molecule has 0 aromatic carbocycles. The quantitative estimate of drug-likeness (QED) is 0.423. The lowest BCUT2D eigenvalue weighted by Gasteiger charge is -2.13. The Kier molecular flexibility index (Phi) is 6.47. The summed E-state index contributed by atoms with van der Waals surface area (Å²) in [6.07, 6.45) is 2.78. The van der Waals surface area contributed by atoms with E-state index in [1.807, 2.05) is 0 Å². The molecule has 7 heteroatoms. The number of ether oxygens (including phenoxy) is 2. The largest absolute Gasteiger partial charge is 0.465 e. The summed E-state index contributed by atoms with van der Waals surface area (Å²) >= 11 is 3.17. The monoisotopic (exact) mass is 343 g/mol. The van der Waals surface area contributed by atoms with Crippen LogP contribution < -0.4 is 0 Å². The summed E-state index contributed by atoms with van der Waals surface area (Å²) in [5.74, 6) is -3.69. The fraction of sp³-hybridized carbons (Fsp3) is 0.385. The molecule has 20 heavy (non-hydrogen) atoms. The van der Waals surface area contributed by atoms with E-state index in [1.54, 1.807) is 6.92 Å². The lowest BCUT2D eigenvalue weighted by atomic mass is 9.95. The summed E-state index contributed by atoms with van der Waals surface area (Å²) in [7, 11) is 1.31. The maximum Gasteiger partial charge on any atom is 0.324 e. The lowest BCUT2D eigenvalue weighted by molar-refractivity contribution is -0.150. The van der Waals surface area contributed by atoms with Crippen molar-refractivity contribution in [3.63, 3.8) is 0 Å². The molecule has 0 aliphatic heterocycles. The number of nitrogens with zero attached hydrogens (tertiary/aromatic N) is 1. The van der Waals surface area contributed by atoms with Crippen molar-refractivity contribution in [1.82, 2.24) is 4.98 Å². The molecule has 0 aliphatic rings. The minimum atomic E-state index is -1.52. The van der Waals surface area contributed by atoms with Crippen LogP contribution in [0.4, 0.5) is 0 Å². The highest BCUT2D eigenvalue weighted by atomic mass is 79.9. The van der Waals surface area contributed by atoms with E-state index in [2.05, 4.69) is 25.7 Å². The Hall–Kier alpha value is -1.60. The molecule has 108 valence electrons. The van der Waals surface area contributed by atoms with Gasteiger partial charge in [-0.3, -0.25) is 19.4 Å². The van der Waals surface area contributed by atoms with Gasteiger partial charge in [-0.15, -0.1) is 0 Å². The molecule has 0 bridgehead atoms. The zero-order chi connectivity index (χ0) is 15.1. The third-order valence-corrected chi connectivity index (χ3v) is 2.82. The molecular formula is C13H14BrNO5. The topological polar surface area (TPSA) is 82.6 Å². The van der Waals surface area contributed by atoms with Gasteiger partial charge in [-0.05, 0) is 28.9 Å². The number of ketones is 2. The van der Waals surface area contributed by atoms with Crippen LogP contribution in [-0.4, -0.2) is 42.8 Å². The van der Waals surface area contributed by atoms with Gasteiger partial charge in [-0.1, -0.05) is 0 Å². The zero-order valence-electron chi connectivity index (χ0n) is 11.1. The van der Waals surface area contributed by atoms with Crippen molar-refractivity contribution in [3.05, 3.63) is 28.5 Å². The number of rotatable bonds is 7. The van der Waals surface area contributed by atoms with Crippen LogP contribution in [0.25, 0.3) is 0 Å². The summed E-state index contributed by atoms with van der Waals surface area (Å²) in [4.78, 5) is 39.8. The van der Waals surface area contributed by atoms with Crippen LogP contribution in [0.5, 0.6) is 0 Å². The highest BCUT2D eigenvalue weighted by molar-refractivity contribution is 9.10. The van der Waals surface area contributed by atoms with E-state index in [9.17, 15) is 14.4 Å². The van der Waals surface area contributed by atoms with Gasteiger partial charge in [-0.2, -0.15) is 0 Å². The van der Waals surface area contributed by atoms with Crippen molar-refractivity contribution in [2.75, 3.05) is 20.3 Å². The molecule has 0 amide bonds. The number of pyridine rings is 1. The van der Waals surface area contributed by atoms with E-state index in [-0.39, 0.29) is 18.8 Å². The minimum Gasteiger partial charge on any atom is -0.465 e. The number of hydrogen-bond acceptors (Lipinski definition) is 6. The number of methoxy groups -OCH3 is 1. The fourth-order valence-electron chi connectivity index (χ4n) is 1.55. The van der Waals surface area contributed by atoms with E-state index >= 15 is 0 Å². The van der Waals surface area contributed by atoms with Crippen molar-refractivity contribution in [1.29, 1.82) is 0 Å². The third-order valence-electron chi connectivity index (χ3n) is 2.38. The standard InChI is InChI=1S/C13H14BrNO5/c1-3-20-13(18)11(10(16)7-19-2)12(17)8-4-9(14)6-15-5-8/h4-6,11H,3,7H2,1-2H3. The molecule has 0 radical (unpaired) electrons. The van der Waals surface area contributed by atoms with Crippen LogP contribution in [-0.2, 0) is 19.1 Å². The molecule has 1 unspecified atom stereocenters. The molecule has 0 N–H and O–H groups in total. The van der Waals surface area contributed by atoms with Crippen LogP contribution in [0.15, 0.2) is 22.9 Å². The zero-order valence-corrected chi connectivity index (χ0v) is 12.7. The Morgan fingerprint density at radius 1 is 1.35 bits per heavy atom. The van der Waals surface area contributed by atoms with E-state index < -0.39 is 23.5 Å². The Bertz CT molecular complexity index is 499. The SMILES string of the molecule is CCOC(=O)C(C(=O)COC)C(=O)c1cncc(Br)c1. The fourth-order valence-corrected chi connectivity index (χ4v) is 1.91. The maximum atomic E-state index is 12.3. The number of esters is 1. The van der Waals surface area contributed by atoms with Gasteiger partial charge in [0, 0.05) is 29.5 Å². The summed E-state index contributed by atoms with van der Waals surface area (Å²) in [5.41, 5.74) is 0.155. The molecular weight excluding hydrogens is 330 g/mol. The molecule has 6 nitrogen and oxygen atoms in total. The van der Waals surface area contributed by atoms with Crippen LogP contribution in [0.2, 0.25) is 0 Å². The first-order chi connectivity index (χ1) is 9.51. The normalized spacial score (nSPS) is 11.8. The average molecular weight is 344 g/mol. The van der Waals surface area contributed by atoms with Crippen LogP contribution in [0.3, 0.4) is 0 Å². The second-order valence-electron chi connectivity index (χ2n) is 3.84. The van der Waals surface area contributed by atoms with Gasteiger partial charge in [0.15, 0.2) is 17.5 Å². The number of carbonyl (C=O) groups is 3. The van der Waals surface area contributed by atoms with Gasteiger partial charge in [0.1, 0.15) is 6.61 Å². The number of halogens is 1. The first kappa shape index (κ1) is 16.5. The molecule has 0 fully saturated rings. The highest BCUT2D eigenvalue weighted by Crippen LogP contribution is 2.16. The number of Topliss-reactive ketones (excluding diaryl/α,β-unsaturated/α-hetero) is 2. The van der Waals surface area contributed by atoms with E-state index in [4.69, 9.17) is 4.74 Å². The van der Waals surface area contributed by atoms with Crippen molar-refractivity contribution in [3.8, 4) is 0 Å². The van der Waals surface area contributed by atoms with Gasteiger partial charge >= 0.3 is 5.97 Å². The van der Waals surface area contributed by atoms with Crippen LogP contribution in [0.1, 0.15) is 17.3 Å². The van der Waals surface area contributed by atoms with Gasteiger partial charge < -0.3 is 9.47 Å². The molecule has 0 aliphatic carbocycles. The highest BCUT2D eigenvalue weighted by Gasteiger charge is 2.35. The Morgan fingerprint density at radius 2 is 2.05 bits per heavy atom. The molecule has 1 aromatic heterocycles. The smallest absolute Gasteiger partial charge is 0.324 e. The van der Waals surface area contributed by atoms with Crippen LogP contribution >= 0.6 is 15.9 Å². The Balaban J connectivity index is 3.06. The van der Waals surface area contributed by atoms with Crippen molar-refractivity contribution in [2.24, 2.45) is 5.92 Å². The molecule has 0 saturated carbocycles. The number of aromatic nitrogens is 1.